The molecule has 220 valence electrons. The molecule has 0 saturated heterocycles. The minimum atomic E-state index is 1.08. The molecule has 0 aliphatic rings. The van der Waals surface area contributed by atoms with E-state index in [4.69, 9.17) is 0 Å². The number of hydrogen-bond acceptors (Lipinski definition) is 2. The van der Waals surface area contributed by atoms with Gasteiger partial charge in [0.15, 0.2) is 0 Å². The highest BCUT2D eigenvalue weighted by Gasteiger charge is 2.01. The van der Waals surface area contributed by atoms with Crippen molar-refractivity contribution in [1.29, 1.82) is 0 Å². The summed E-state index contributed by atoms with van der Waals surface area (Å²) < 4.78 is 0. The Hall–Kier alpha value is -0.860. The Labute approximate surface area is 252 Å². The van der Waals surface area contributed by atoms with Crippen molar-refractivity contribution in [2.24, 2.45) is 0 Å². The minimum absolute atomic E-state index is 1.08. The fourth-order valence-corrected chi connectivity index (χ4v) is 7.28. The Bertz CT molecular complexity index is 713. The van der Waals surface area contributed by atoms with E-state index in [2.05, 4.69) is 62.4 Å². The van der Waals surface area contributed by atoms with Gasteiger partial charge in [0.25, 0.3) is 0 Å². The Morgan fingerprint density at radius 2 is 0.641 bits per heavy atom. The van der Waals surface area contributed by atoms with Crippen LogP contribution in [0.15, 0.2) is 58.3 Å². The van der Waals surface area contributed by atoms with Gasteiger partial charge in [0.1, 0.15) is 0 Å². The second kappa shape index (κ2) is 24.9. The fraction of sp³-hybridized carbons (Fsp3) is 0.676. The highest BCUT2D eigenvalue weighted by molar-refractivity contribution is 8.16. The van der Waals surface area contributed by atoms with Gasteiger partial charge in [-0.1, -0.05) is 154 Å². The highest BCUT2D eigenvalue weighted by atomic mass is 32.2. The number of unbranched alkanes of at least 4 members (excludes halogenated alkanes) is 18. The maximum absolute atomic E-state index is 2.35. The molecule has 2 aromatic rings. The van der Waals surface area contributed by atoms with Crippen LogP contribution in [0.1, 0.15) is 153 Å². The van der Waals surface area contributed by atoms with Crippen LogP contribution in [0.3, 0.4) is 0 Å². The predicted octanol–water partition coefficient (Wildman–Crippen LogP) is 13.5. The van der Waals surface area contributed by atoms with E-state index in [1.54, 1.807) is 0 Å². The first-order valence-corrected chi connectivity index (χ1v) is 18.7. The average Bonchev–Trinajstić information content (AvgIpc) is 2.96. The first-order chi connectivity index (χ1) is 19.3. The summed E-state index contributed by atoms with van der Waals surface area (Å²) in [6, 6.07) is 18.7. The molecule has 0 nitrogen and oxygen atoms in total. The molecule has 2 heteroatoms. The molecular weight excluding hydrogens is 509 g/mol. The van der Waals surface area contributed by atoms with E-state index in [9.17, 15) is 0 Å². The molecule has 2 rings (SSSR count). The Balaban J connectivity index is 1.46. The van der Waals surface area contributed by atoms with Gasteiger partial charge in [-0.05, 0) is 61.1 Å². The molecule has 0 N–H and O–H groups in total. The summed E-state index contributed by atoms with van der Waals surface area (Å²) in [6.45, 7) is 4.59. The van der Waals surface area contributed by atoms with Crippen LogP contribution in [0.25, 0.3) is 0 Å². The number of thioether (sulfide) groups is 2. The zero-order valence-electron chi connectivity index (χ0n) is 25.7. The normalized spacial score (nSPS) is 11.3. The van der Waals surface area contributed by atoms with Crippen LogP contribution in [0, 0.1) is 0 Å². The predicted molar refractivity (Wildman–Crippen MR) is 181 cm³/mol. The monoisotopic (exact) mass is 568 g/mol. The largest absolute Gasteiger partial charge is 0.115 e. The molecule has 0 aromatic heterocycles. The fourth-order valence-electron chi connectivity index (χ4n) is 5.30. The zero-order valence-corrected chi connectivity index (χ0v) is 27.3. The third-order valence-electron chi connectivity index (χ3n) is 7.94. The topological polar surface area (TPSA) is 0 Å². The maximum Gasteiger partial charge on any atom is 0.0486 e. The molecule has 2 aromatic carbocycles. The van der Waals surface area contributed by atoms with Gasteiger partial charge in [-0.25, -0.2) is 0 Å². The van der Waals surface area contributed by atoms with E-state index in [0.717, 1.165) is 5.08 Å². The van der Waals surface area contributed by atoms with Crippen molar-refractivity contribution in [2.45, 2.75) is 165 Å². The van der Waals surface area contributed by atoms with Crippen molar-refractivity contribution >= 4 is 23.5 Å². The highest BCUT2D eigenvalue weighted by Crippen LogP contribution is 2.28. The van der Waals surface area contributed by atoms with Crippen molar-refractivity contribution in [2.75, 3.05) is 5.08 Å². The molecule has 39 heavy (non-hydrogen) atoms. The van der Waals surface area contributed by atoms with Gasteiger partial charge < -0.3 is 0 Å². The number of aryl methyl sites for hydroxylation is 2. The summed E-state index contributed by atoms with van der Waals surface area (Å²) in [6.07, 6.45) is 30.7. The van der Waals surface area contributed by atoms with Crippen molar-refractivity contribution in [3.05, 3.63) is 59.7 Å². The quantitative estimate of drug-likeness (QED) is 0.0628. The van der Waals surface area contributed by atoms with Crippen molar-refractivity contribution < 1.29 is 0 Å². The van der Waals surface area contributed by atoms with E-state index >= 15 is 0 Å². The second-order valence-corrected chi connectivity index (χ2v) is 14.0. The molecule has 0 atom stereocenters. The summed E-state index contributed by atoms with van der Waals surface area (Å²) in [4.78, 5) is 2.79. The van der Waals surface area contributed by atoms with Crippen LogP contribution < -0.4 is 0 Å². The second-order valence-electron chi connectivity index (χ2n) is 11.6. The van der Waals surface area contributed by atoms with Crippen molar-refractivity contribution in [1.82, 2.24) is 0 Å². The van der Waals surface area contributed by atoms with Gasteiger partial charge >= 0.3 is 0 Å². The Morgan fingerprint density at radius 3 is 0.949 bits per heavy atom. The van der Waals surface area contributed by atoms with Crippen LogP contribution in [-0.2, 0) is 12.8 Å². The van der Waals surface area contributed by atoms with Crippen LogP contribution in [-0.4, -0.2) is 5.08 Å². The van der Waals surface area contributed by atoms with Gasteiger partial charge in [-0.2, -0.15) is 0 Å². The summed E-state index contributed by atoms with van der Waals surface area (Å²) in [7, 11) is 0. The third kappa shape index (κ3) is 19.0. The van der Waals surface area contributed by atoms with Crippen LogP contribution in [0.2, 0.25) is 0 Å². The lowest BCUT2D eigenvalue weighted by molar-refractivity contribution is 0.556. The van der Waals surface area contributed by atoms with Gasteiger partial charge in [0, 0.05) is 14.9 Å². The zero-order chi connectivity index (χ0) is 27.6. The lowest BCUT2D eigenvalue weighted by atomic mass is 10.0. The maximum atomic E-state index is 2.35. The summed E-state index contributed by atoms with van der Waals surface area (Å²) in [5.41, 5.74) is 3.01. The van der Waals surface area contributed by atoms with Crippen LogP contribution >= 0.6 is 23.5 Å². The Kier molecular flexibility index (Phi) is 21.9. The number of hydrogen-bond donors (Lipinski definition) is 0. The van der Waals surface area contributed by atoms with E-state index in [1.165, 1.54) is 162 Å². The number of rotatable bonds is 26. The van der Waals surface area contributed by atoms with E-state index in [1.807, 2.05) is 23.5 Å². The standard InChI is InChI=1S/C37H60S2/c1-3-5-7-9-11-13-15-17-19-21-23-34-25-29-36(30-26-34)38-33-39-37-31-27-35(28-32-37)24-22-20-18-16-14-12-10-8-6-4-2/h25-32H,3-24,33H2,1-2H3. The summed E-state index contributed by atoms with van der Waals surface area (Å²) in [5, 5.41) is 1.08. The SMILES string of the molecule is CCCCCCCCCCCCc1ccc(SCSc2ccc(CCCCCCCCCCCC)cc2)cc1. The molecule has 0 aliphatic heterocycles. The molecule has 0 radical (unpaired) electrons. The van der Waals surface area contributed by atoms with E-state index in [-0.39, 0.29) is 0 Å². The molecule has 0 heterocycles. The van der Waals surface area contributed by atoms with E-state index in [0.29, 0.717) is 0 Å². The minimum Gasteiger partial charge on any atom is -0.115 e. The van der Waals surface area contributed by atoms with Crippen LogP contribution in [0.5, 0.6) is 0 Å². The molecule has 0 spiro atoms. The van der Waals surface area contributed by atoms with Gasteiger partial charge in [-0.15, -0.1) is 23.5 Å². The van der Waals surface area contributed by atoms with Gasteiger partial charge in [0.2, 0.25) is 0 Å². The molecule has 0 fully saturated rings. The Morgan fingerprint density at radius 1 is 0.359 bits per heavy atom. The lowest BCUT2D eigenvalue weighted by Gasteiger charge is -2.06. The smallest absolute Gasteiger partial charge is 0.0486 e. The van der Waals surface area contributed by atoms with Crippen molar-refractivity contribution in [3.63, 3.8) is 0 Å². The summed E-state index contributed by atoms with van der Waals surface area (Å²) in [5.74, 6) is 0. The lowest BCUT2D eigenvalue weighted by Crippen LogP contribution is -1.87. The summed E-state index contributed by atoms with van der Waals surface area (Å²) >= 11 is 3.93. The van der Waals surface area contributed by atoms with Gasteiger partial charge in [-0.3, -0.25) is 0 Å². The molecule has 0 unspecified atom stereocenters. The van der Waals surface area contributed by atoms with Gasteiger partial charge in [0.05, 0.1) is 0 Å². The molecule has 0 amide bonds. The average molecular weight is 569 g/mol. The first-order valence-electron chi connectivity index (χ1n) is 16.7. The molecule has 0 saturated carbocycles. The van der Waals surface area contributed by atoms with E-state index < -0.39 is 0 Å². The molecular formula is C37H60S2. The van der Waals surface area contributed by atoms with Crippen molar-refractivity contribution in [3.8, 4) is 0 Å². The molecule has 0 bridgehead atoms. The number of benzene rings is 2. The first kappa shape index (κ1) is 34.3. The van der Waals surface area contributed by atoms with Crippen LogP contribution in [0.4, 0.5) is 0 Å². The molecule has 0 aliphatic carbocycles. The third-order valence-corrected chi connectivity index (χ3v) is 10.1.